The van der Waals surface area contributed by atoms with E-state index in [0.29, 0.717) is 11.4 Å². The summed E-state index contributed by atoms with van der Waals surface area (Å²) in [5, 5.41) is 15.1. The Morgan fingerprint density at radius 3 is 2.43 bits per heavy atom. The van der Waals surface area contributed by atoms with Gasteiger partial charge in [0, 0.05) is 11.4 Å². The molecule has 3 aromatic rings. The molecule has 3 rings (SSSR count). The van der Waals surface area contributed by atoms with Crippen LogP contribution in [0.2, 0.25) is 0 Å². The summed E-state index contributed by atoms with van der Waals surface area (Å²) >= 11 is 1.19. The summed E-state index contributed by atoms with van der Waals surface area (Å²) < 4.78 is 8.36. The van der Waals surface area contributed by atoms with Gasteiger partial charge in [0.15, 0.2) is 0 Å². The van der Waals surface area contributed by atoms with Crippen LogP contribution in [0.25, 0.3) is 11.0 Å². The van der Waals surface area contributed by atoms with Crippen LogP contribution >= 0.6 is 11.7 Å². The van der Waals surface area contributed by atoms with E-state index in [1.807, 2.05) is 30.3 Å². The summed E-state index contributed by atoms with van der Waals surface area (Å²) in [6.45, 7) is 3.93. The number of hydrogen-bond acceptors (Lipinski definition) is 6. The maximum atomic E-state index is 8.76. The topological polar surface area (TPSA) is 73.6 Å². The molecule has 102 valence electrons. The van der Waals surface area contributed by atoms with E-state index in [2.05, 4.69) is 32.0 Å². The average molecular weight is 293 g/mol. The van der Waals surface area contributed by atoms with Crippen molar-refractivity contribution in [1.29, 1.82) is 5.26 Å². The average Bonchev–Trinajstić information content (AvgIpc) is 2.95. The summed E-state index contributed by atoms with van der Waals surface area (Å²) in [5.41, 5.74) is 4.12. The van der Waals surface area contributed by atoms with E-state index < -0.39 is 0 Å². The Bertz CT molecular complexity index is 829. The largest absolute Gasteiger partial charge is 0.342 e. The first kappa shape index (κ1) is 13.1. The molecule has 0 spiro atoms. The Labute approximate surface area is 125 Å². The number of anilines is 2. The Kier molecular flexibility index (Phi) is 3.50. The SMILES string of the molecule is C=C(Nc1ccc(C#N)cc1)Nc1ccc2nsnc2c1. The molecule has 0 unspecified atom stereocenters. The monoisotopic (exact) mass is 293 g/mol. The van der Waals surface area contributed by atoms with Crippen LogP contribution in [0.15, 0.2) is 54.9 Å². The highest BCUT2D eigenvalue weighted by atomic mass is 32.1. The van der Waals surface area contributed by atoms with Gasteiger partial charge < -0.3 is 10.6 Å². The van der Waals surface area contributed by atoms with Crippen molar-refractivity contribution in [1.82, 2.24) is 8.75 Å². The van der Waals surface area contributed by atoms with Crippen LogP contribution in [0.1, 0.15) is 5.56 Å². The molecular weight excluding hydrogens is 282 g/mol. The number of benzene rings is 2. The number of nitriles is 1. The fourth-order valence-electron chi connectivity index (χ4n) is 1.87. The Balaban J connectivity index is 1.69. The lowest BCUT2D eigenvalue weighted by Crippen LogP contribution is -2.07. The summed E-state index contributed by atoms with van der Waals surface area (Å²) in [7, 11) is 0. The summed E-state index contributed by atoms with van der Waals surface area (Å²) in [6.07, 6.45) is 0. The third kappa shape index (κ3) is 2.99. The molecule has 2 aromatic carbocycles. The lowest BCUT2D eigenvalue weighted by atomic mass is 10.2. The zero-order chi connectivity index (χ0) is 14.7. The molecule has 2 N–H and O–H groups in total. The number of fused-ring (bicyclic) bond motifs is 1. The minimum Gasteiger partial charge on any atom is -0.342 e. The van der Waals surface area contributed by atoms with Crippen molar-refractivity contribution in [2.24, 2.45) is 0 Å². The molecule has 0 radical (unpaired) electrons. The molecule has 0 fully saturated rings. The van der Waals surface area contributed by atoms with Gasteiger partial charge in [-0.05, 0) is 42.5 Å². The number of rotatable bonds is 4. The van der Waals surface area contributed by atoms with Crippen molar-refractivity contribution in [2.75, 3.05) is 10.6 Å². The molecule has 0 saturated heterocycles. The maximum absolute atomic E-state index is 8.76. The van der Waals surface area contributed by atoms with Crippen LogP contribution in [0.4, 0.5) is 11.4 Å². The normalized spacial score (nSPS) is 10.0. The highest BCUT2D eigenvalue weighted by Crippen LogP contribution is 2.19. The number of hydrogen-bond donors (Lipinski definition) is 2. The van der Waals surface area contributed by atoms with Gasteiger partial charge in [-0.25, -0.2) is 0 Å². The van der Waals surface area contributed by atoms with Crippen LogP contribution in [0, 0.1) is 11.3 Å². The molecule has 1 heterocycles. The van der Waals surface area contributed by atoms with Crippen LogP contribution in [0.5, 0.6) is 0 Å². The van der Waals surface area contributed by atoms with Gasteiger partial charge >= 0.3 is 0 Å². The van der Waals surface area contributed by atoms with Crippen molar-refractivity contribution in [2.45, 2.75) is 0 Å². The first-order valence-electron chi connectivity index (χ1n) is 6.20. The lowest BCUT2D eigenvalue weighted by molar-refractivity contribution is 1.38. The van der Waals surface area contributed by atoms with Crippen LogP contribution in [-0.4, -0.2) is 8.75 Å². The molecule has 0 saturated carbocycles. The third-order valence-corrected chi connectivity index (χ3v) is 3.41. The Hall–Kier alpha value is -2.91. The van der Waals surface area contributed by atoms with Crippen LogP contribution in [-0.2, 0) is 0 Å². The van der Waals surface area contributed by atoms with Crippen LogP contribution in [0.3, 0.4) is 0 Å². The van der Waals surface area contributed by atoms with Gasteiger partial charge in [-0.15, -0.1) is 0 Å². The standard InChI is InChI=1S/C15H11N5S/c1-10(17-12-4-2-11(9-16)3-5-12)18-13-6-7-14-15(8-13)20-21-19-14/h2-8,17-18H,1H2. The minimum absolute atomic E-state index is 0.626. The predicted octanol–water partition coefficient (Wildman–Crippen LogP) is 3.56. The molecule has 0 amide bonds. The molecule has 1 aromatic heterocycles. The van der Waals surface area contributed by atoms with E-state index in [1.165, 1.54) is 11.7 Å². The van der Waals surface area contributed by atoms with Crippen molar-refractivity contribution in [3.63, 3.8) is 0 Å². The Morgan fingerprint density at radius 2 is 1.67 bits per heavy atom. The molecular formula is C15H11N5S. The molecule has 21 heavy (non-hydrogen) atoms. The summed E-state index contributed by atoms with van der Waals surface area (Å²) in [6, 6.07) is 15.0. The van der Waals surface area contributed by atoms with Crippen molar-refractivity contribution in [3.8, 4) is 6.07 Å². The Morgan fingerprint density at radius 1 is 1.00 bits per heavy atom. The van der Waals surface area contributed by atoms with Gasteiger partial charge in [0.05, 0.1) is 23.4 Å². The molecule has 0 aliphatic heterocycles. The van der Waals surface area contributed by atoms with E-state index in [-0.39, 0.29) is 0 Å². The van der Waals surface area contributed by atoms with E-state index in [4.69, 9.17) is 5.26 Å². The van der Waals surface area contributed by atoms with Crippen molar-refractivity contribution >= 4 is 34.1 Å². The number of nitrogens with zero attached hydrogens (tertiary/aromatic N) is 3. The highest BCUT2D eigenvalue weighted by Gasteiger charge is 2.02. The van der Waals surface area contributed by atoms with Gasteiger partial charge in [0.25, 0.3) is 0 Å². The fraction of sp³-hybridized carbons (Fsp3) is 0. The molecule has 6 heteroatoms. The fourth-order valence-corrected chi connectivity index (χ4v) is 2.39. The third-order valence-electron chi connectivity index (χ3n) is 2.86. The second kappa shape index (κ2) is 5.61. The summed E-state index contributed by atoms with van der Waals surface area (Å²) in [4.78, 5) is 0. The van der Waals surface area contributed by atoms with E-state index in [1.54, 1.807) is 12.1 Å². The van der Waals surface area contributed by atoms with Gasteiger partial charge in [0.2, 0.25) is 0 Å². The van der Waals surface area contributed by atoms with Crippen molar-refractivity contribution in [3.05, 3.63) is 60.4 Å². The van der Waals surface area contributed by atoms with Gasteiger partial charge in [-0.3, -0.25) is 0 Å². The van der Waals surface area contributed by atoms with E-state index in [0.717, 1.165) is 22.4 Å². The van der Waals surface area contributed by atoms with Gasteiger partial charge in [-0.1, -0.05) is 6.58 Å². The van der Waals surface area contributed by atoms with E-state index >= 15 is 0 Å². The van der Waals surface area contributed by atoms with Crippen LogP contribution < -0.4 is 10.6 Å². The van der Waals surface area contributed by atoms with E-state index in [9.17, 15) is 0 Å². The first-order chi connectivity index (χ1) is 10.2. The number of aromatic nitrogens is 2. The second-order valence-electron chi connectivity index (χ2n) is 4.39. The number of nitrogens with one attached hydrogen (secondary N) is 2. The molecule has 0 atom stereocenters. The zero-order valence-electron chi connectivity index (χ0n) is 11.0. The first-order valence-corrected chi connectivity index (χ1v) is 6.93. The van der Waals surface area contributed by atoms with Gasteiger partial charge in [0.1, 0.15) is 16.9 Å². The van der Waals surface area contributed by atoms with Gasteiger partial charge in [-0.2, -0.15) is 14.0 Å². The molecule has 0 aliphatic carbocycles. The second-order valence-corrected chi connectivity index (χ2v) is 4.91. The highest BCUT2D eigenvalue weighted by molar-refractivity contribution is 7.00. The molecule has 0 aliphatic rings. The van der Waals surface area contributed by atoms with Crippen molar-refractivity contribution < 1.29 is 0 Å². The quantitative estimate of drug-likeness (QED) is 0.769. The molecule has 0 bridgehead atoms. The zero-order valence-corrected chi connectivity index (χ0v) is 11.8. The smallest absolute Gasteiger partial charge is 0.106 e. The minimum atomic E-state index is 0.626. The molecule has 5 nitrogen and oxygen atoms in total. The maximum Gasteiger partial charge on any atom is 0.106 e. The predicted molar refractivity (Wildman–Crippen MR) is 85.0 cm³/mol. The lowest BCUT2D eigenvalue weighted by Gasteiger charge is -2.12. The summed E-state index contributed by atoms with van der Waals surface area (Å²) in [5.74, 6) is 0.641.